The lowest BCUT2D eigenvalue weighted by Gasteiger charge is -2.11. The van der Waals surface area contributed by atoms with Gasteiger partial charge >= 0.3 is 0 Å². The summed E-state index contributed by atoms with van der Waals surface area (Å²) in [7, 11) is 0. The van der Waals surface area contributed by atoms with Crippen molar-refractivity contribution in [2.75, 3.05) is 0 Å². The van der Waals surface area contributed by atoms with Crippen molar-refractivity contribution in [2.45, 2.75) is 0 Å². The third-order valence-electron chi connectivity index (χ3n) is 10.4. The van der Waals surface area contributed by atoms with Crippen LogP contribution in [0.1, 0.15) is 5.56 Å². The van der Waals surface area contributed by atoms with Crippen LogP contribution in [0.3, 0.4) is 0 Å². The predicted octanol–water partition coefficient (Wildman–Crippen LogP) is 12.5. The Balaban J connectivity index is 1.15. The van der Waals surface area contributed by atoms with Gasteiger partial charge in [-0.3, -0.25) is 0 Å². The van der Waals surface area contributed by atoms with Gasteiger partial charge in [-0.2, -0.15) is 5.26 Å². The van der Waals surface area contributed by atoms with Gasteiger partial charge in [0.2, 0.25) is 0 Å². The highest BCUT2D eigenvalue weighted by Crippen LogP contribution is 2.43. The van der Waals surface area contributed by atoms with Crippen LogP contribution in [0.4, 0.5) is 0 Å². The smallest absolute Gasteiger partial charge is 0.164 e. The summed E-state index contributed by atoms with van der Waals surface area (Å²) in [5.41, 5.74) is 8.19. The van der Waals surface area contributed by atoms with Crippen LogP contribution in [-0.2, 0) is 0 Å². The third kappa shape index (κ3) is 4.56. The maximum Gasteiger partial charge on any atom is 0.164 e. The molecule has 6 nitrogen and oxygen atoms in total. The van der Waals surface area contributed by atoms with E-state index in [1.54, 1.807) is 0 Å². The molecular weight excluding hydrogens is 665 g/mol. The van der Waals surface area contributed by atoms with Crippen LogP contribution in [-0.4, -0.2) is 15.0 Å². The molecular formula is C48H26N4O2. The average Bonchev–Trinajstić information content (AvgIpc) is 3.81. The zero-order valence-corrected chi connectivity index (χ0v) is 28.6. The van der Waals surface area contributed by atoms with Crippen molar-refractivity contribution in [3.8, 4) is 51.4 Å². The summed E-state index contributed by atoms with van der Waals surface area (Å²) in [6, 6.07) is 55.4. The Labute approximate surface area is 308 Å². The Bertz CT molecular complexity index is 3350. The van der Waals surface area contributed by atoms with Gasteiger partial charge in [-0.15, -0.1) is 0 Å². The minimum absolute atomic E-state index is 0.488. The van der Waals surface area contributed by atoms with E-state index in [2.05, 4.69) is 84.9 Å². The molecule has 0 aliphatic carbocycles. The maximum atomic E-state index is 10.0. The van der Waals surface area contributed by atoms with Crippen LogP contribution < -0.4 is 0 Å². The molecule has 3 aromatic heterocycles. The number of fused-ring (bicyclic) bond motifs is 9. The molecule has 0 aliphatic rings. The average molecular weight is 691 g/mol. The van der Waals surface area contributed by atoms with E-state index in [1.807, 2.05) is 78.9 Å². The first-order chi connectivity index (χ1) is 26.7. The molecule has 250 valence electrons. The van der Waals surface area contributed by atoms with Crippen molar-refractivity contribution in [1.29, 1.82) is 5.26 Å². The van der Waals surface area contributed by atoms with Gasteiger partial charge in [-0.1, -0.05) is 115 Å². The number of hydrogen-bond donors (Lipinski definition) is 0. The lowest BCUT2D eigenvalue weighted by molar-refractivity contribution is 0.668. The second-order valence-electron chi connectivity index (χ2n) is 13.4. The first-order valence-electron chi connectivity index (χ1n) is 17.7. The molecule has 54 heavy (non-hydrogen) atoms. The summed E-state index contributed by atoms with van der Waals surface area (Å²) < 4.78 is 12.9. The first kappa shape index (κ1) is 30.0. The van der Waals surface area contributed by atoms with Crippen LogP contribution >= 0.6 is 0 Å². The Kier molecular flexibility index (Phi) is 6.51. The quantitative estimate of drug-likeness (QED) is 0.183. The number of nitrogens with zero attached hydrogens (tertiary/aromatic N) is 4. The number of hydrogen-bond acceptors (Lipinski definition) is 6. The van der Waals surface area contributed by atoms with Crippen molar-refractivity contribution in [3.05, 3.63) is 163 Å². The summed E-state index contributed by atoms with van der Waals surface area (Å²) in [5.74, 6) is 1.56. The molecule has 0 aliphatic heterocycles. The fourth-order valence-corrected chi connectivity index (χ4v) is 7.95. The van der Waals surface area contributed by atoms with Crippen molar-refractivity contribution < 1.29 is 8.83 Å². The lowest BCUT2D eigenvalue weighted by atomic mass is 9.92. The van der Waals surface area contributed by atoms with Crippen LogP contribution in [0.25, 0.3) is 111 Å². The van der Waals surface area contributed by atoms with Gasteiger partial charge in [0.05, 0.1) is 11.6 Å². The zero-order valence-electron chi connectivity index (χ0n) is 28.6. The molecule has 0 atom stereocenters. The predicted molar refractivity (Wildman–Crippen MR) is 216 cm³/mol. The molecule has 0 radical (unpaired) electrons. The minimum atomic E-state index is 0.488. The lowest BCUT2D eigenvalue weighted by Crippen LogP contribution is -2.00. The van der Waals surface area contributed by atoms with E-state index in [0.717, 1.165) is 65.7 Å². The second-order valence-corrected chi connectivity index (χ2v) is 13.4. The Morgan fingerprint density at radius 1 is 0.389 bits per heavy atom. The molecule has 0 saturated heterocycles. The molecule has 6 heteroatoms. The molecule has 8 aromatic carbocycles. The van der Waals surface area contributed by atoms with Gasteiger partial charge in [-0.25, -0.2) is 15.0 Å². The molecule has 0 amide bonds. The second kappa shape index (κ2) is 11.7. The van der Waals surface area contributed by atoms with Gasteiger partial charge in [0, 0.05) is 38.2 Å². The first-order valence-corrected chi connectivity index (χ1v) is 17.7. The Morgan fingerprint density at radius 2 is 1.04 bits per heavy atom. The highest BCUT2D eigenvalue weighted by Gasteiger charge is 2.21. The topological polar surface area (TPSA) is 88.7 Å². The molecule has 0 bridgehead atoms. The highest BCUT2D eigenvalue weighted by molar-refractivity contribution is 6.23. The van der Waals surface area contributed by atoms with Gasteiger partial charge in [0.25, 0.3) is 0 Å². The Morgan fingerprint density at radius 3 is 1.89 bits per heavy atom. The van der Waals surface area contributed by atoms with Crippen LogP contribution in [0, 0.1) is 11.3 Å². The number of furan rings is 2. The van der Waals surface area contributed by atoms with Gasteiger partial charge in [0.1, 0.15) is 22.3 Å². The summed E-state index contributed by atoms with van der Waals surface area (Å²) >= 11 is 0. The zero-order chi connectivity index (χ0) is 35.8. The van der Waals surface area contributed by atoms with E-state index in [4.69, 9.17) is 23.8 Å². The van der Waals surface area contributed by atoms with Gasteiger partial charge in [0.15, 0.2) is 17.5 Å². The van der Waals surface area contributed by atoms with E-state index in [-0.39, 0.29) is 0 Å². The molecule has 0 N–H and O–H groups in total. The van der Waals surface area contributed by atoms with E-state index < -0.39 is 0 Å². The normalized spacial score (nSPS) is 11.7. The monoisotopic (exact) mass is 690 g/mol. The van der Waals surface area contributed by atoms with Crippen molar-refractivity contribution >= 4 is 65.4 Å². The molecule has 0 spiro atoms. The van der Waals surface area contributed by atoms with Crippen molar-refractivity contribution in [2.24, 2.45) is 0 Å². The maximum absolute atomic E-state index is 10.0. The van der Waals surface area contributed by atoms with Crippen LogP contribution in [0.2, 0.25) is 0 Å². The standard InChI is InChI=1S/C48H26N4O2/c49-27-31-15-9-21-40-43(31)45-36(20-10-22-41(45)54-40)48-51-46(29-12-2-1-3-13-29)50-47(52-48)30-23-24-39-38(25-30)44-35-18-7-6-17-34(35)37(26-42(44)53-39)33-19-8-14-28-11-4-5-16-32(28)33/h1-26H. The third-order valence-corrected chi connectivity index (χ3v) is 10.4. The van der Waals surface area contributed by atoms with E-state index in [0.29, 0.717) is 34.2 Å². The largest absolute Gasteiger partial charge is 0.456 e. The van der Waals surface area contributed by atoms with Gasteiger partial charge < -0.3 is 8.83 Å². The SMILES string of the molecule is N#Cc1cccc2oc3cccc(-c4nc(-c5ccccc5)nc(-c5ccc6oc7cc(-c8cccc9ccccc89)c8ccccc8c7c6c5)n4)c3c12. The van der Waals surface area contributed by atoms with E-state index in [9.17, 15) is 5.26 Å². The highest BCUT2D eigenvalue weighted by atomic mass is 16.3. The summed E-state index contributed by atoms with van der Waals surface area (Å²) in [4.78, 5) is 15.2. The van der Waals surface area contributed by atoms with E-state index in [1.165, 1.54) is 16.3 Å². The molecule has 11 rings (SSSR count). The van der Waals surface area contributed by atoms with E-state index >= 15 is 0 Å². The van der Waals surface area contributed by atoms with Crippen LogP contribution in [0.5, 0.6) is 0 Å². The molecule has 0 unspecified atom stereocenters. The molecule has 0 fully saturated rings. The number of aromatic nitrogens is 3. The summed E-state index contributed by atoms with van der Waals surface area (Å²) in [5, 5.41) is 18.3. The molecule has 11 aromatic rings. The number of rotatable bonds is 4. The van der Waals surface area contributed by atoms with Crippen LogP contribution in [0.15, 0.2) is 167 Å². The van der Waals surface area contributed by atoms with Gasteiger partial charge in [-0.05, 0) is 75.1 Å². The fourth-order valence-electron chi connectivity index (χ4n) is 7.95. The number of nitriles is 1. The number of benzene rings is 8. The molecule has 0 saturated carbocycles. The minimum Gasteiger partial charge on any atom is -0.456 e. The fraction of sp³-hybridized carbons (Fsp3) is 0. The molecule has 3 heterocycles. The van der Waals surface area contributed by atoms with Crippen molar-refractivity contribution in [1.82, 2.24) is 15.0 Å². The summed E-state index contributed by atoms with van der Waals surface area (Å²) in [6.45, 7) is 0. The van der Waals surface area contributed by atoms with Crippen molar-refractivity contribution in [3.63, 3.8) is 0 Å². The summed E-state index contributed by atoms with van der Waals surface area (Å²) in [6.07, 6.45) is 0. The Hall–Kier alpha value is -7.62.